The summed E-state index contributed by atoms with van der Waals surface area (Å²) < 4.78 is 7.44. The summed E-state index contributed by atoms with van der Waals surface area (Å²) in [6, 6.07) is -0.0401. The zero-order chi connectivity index (χ0) is 14.6. The highest BCUT2D eigenvalue weighted by atomic mass is 35.5. The highest BCUT2D eigenvalue weighted by Crippen LogP contribution is 2.25. The van der Waals surface area contributed by atoms with Crippen LogP contribution in [0, 0.1) is 0 Å². The molecule has 1 rings (SSSR count). The molecular weight excluding hydrogens is 264 g/mol. The van der Waals surface area contributed by atoms with Gasteiger partial charge in [-0.05, 0) is 27.2 Å². The van der Waals surface area contributed by atoms with E-state index in [1.807, 2.05) is 18.5 Å². The van der Waals surface area contributed by atoms with Crippen LogP contribution in [-0.2, 0) is 24.1 Å². The fraction of sp³-hybridized carbons (Fsp3) is 0.769. The number of rotatable bonds is 7. The van der Waals surface area contributed by atoms with Crippen LogP contribution in [0.5, 0.6) is 0 Å². The number of hydrazine groups is 1. The van der Waals surface area contributed by atoms with Gasteiger partial charge in [0.05, 0.1) is 28.1 Å². The second kappa shape index (κ2) is 6.70. The van der Waals surface area contributed by atoms with E-state index in [9.17, 15) is 0 Å². The van der Waals surface area contributed by atoms with Gasteiger partial charge in [-0.3, -0.25) is 16.0 Å². The zero-order valence-electron chi connectivity index (χ0n) is 12.5. The number of aryl methyl sites for hydroxylation is 2. The van der Waals surface area contributed by atoms with E-state index in [-0.39, 0.29) is 11.6 Å². The lowest BCUT2D eigenvalue weighted by Crippen LogP contribution is -2.52. The Labute approximate surface area is 120 Å². The predicted molar refractivity (Wildman–Crippen MR) is 78.2 cm³/mol. The van der Waals surface area contributed by atoms with Crippen molar-refractivity contribution in [1.29, 1.82) is 0 Å². The van der Waals surface area contributed by atoms with Gasteiger partial charge in [-0.1, -0.05) is 18.5 Å². The Hall–Kier alpha value is -0.620. The van der Waals surface area contributed by atoms with Crippen LogP contribution in [0.2, 0.25) is 5.02 Å². The Balaban J connectivity index is 3.06. The second-order valence-electron chi connectivity index (χ2n) is 5.11. The molecule has 0 aliphatic carbocycles. The Morgan fingerprint density at radius 3 is 2.53 bits per heavy atom. The van der Waals surface area contributed by atoms with Crippen LogP contribution in [0.25, 0.3) is 0 Å². The molecule has 5 nitrogen and oxygen atoms in total. The van der Waals surface area contributed by atoms with Gasteiger partial charge in [-0.2, -0.15) is 5.10 Å². The Kier molecular flexibility index (Phi) is 5.80. The van der Waals surface area contributed by atoms with E-state index in [4.69, 9.17) is 22.2 Å². The molecule has 19 heavy (non-hydrogen) atoms. The summed E-state index contributed by atoms with van der Waals surface area (Å²) in [5.41, 5.74) is 4.38. The maximum Gasteiger partial charge on any atom is 0.0850 e. The molecule has 3 N–H and O–H groups in total. The van der Waals surface area contributed by atoms with Gasteiger partial charge in [-0.25, -0.2) is 0 Å². The van der Waals surface area contributed by atoms with E-state index in [2.05, 4.69) is 24.4 Å². The van der Waals surface area contributed by atoms with Crippen molar-refractivity contribution in [3.63, 3.8) is 0 Å². The maximum atomic E-state index is 6.41. The molecule has 0 amide bonds. The summed E-state index contributed by atoms with van der Waals surface area (Å²) in [6.45, 7) is 8.89. The molecule has 1 heterocycles. The Morgan fingerprint density at radius 2 is 2.11 bits per heavy atom. The topological polar surface area (TPSA) is 65.1 Å². The minimum Gasteiger partial charge on any atom is -0.377 e. The van der Waals surface area contributed by atoms with E-state index < -0.39 is 0 Å². The minimum absolute atomic E-state index is 0.0401. The molecule has 0 radical (unpaired) electrons. The first kappa shape index (κ1) is 16.4. The first-order valence-corrected chi connectivity index (χ1v) is 7.04. The maximum absolute atomic E-state index is 6.41. The van der Waals surface area contributed by atoms with Crippen molar-refractivity contribution in [2.45, 2.75) is 58.7 Å². The number of hydrogen-bond donors (Lipinski definition) is 2. The highest BCUT2D eigenvalue weighted by Gasteiger charge is 2.30. The van der Waals surface area contributed by atoms with Gasteiger partial charge >= 0.3 is 0 Å². The average Bonchev–Trinajstić information content (AvgIpc) is 2.71. The van der Waals surface area contributed by atoms with Crippen molar-refractivity contribution in [1.82, 2.24) is 15.2 Å². The van der Waals surface area contributed by atoms with Crippen molar-refractivity contribution >= 4 is 11.6 Å². The molecule has 6 heteroatoms. The second-order valence-corrected chi connectivity index (χ2v) is 5.49. The highest BCUT2D eigenvalue weighted by molar-refractivity contribution is 6.31. The number of nitrogens with zero attached hydrogens (tertiary/aromatic N) is 2. The number of methoxy groups -OCH3 is 1. The van der Waals surface area contributed by atoms with E-state index in [0.717, 1.165) is 29.4 Å². The van der Waals surface area contributed by atoms with Crippen LogP contribution in [0.4, 0.5) is 0 Å². The van der Waals surface area contributed by atoms with Crippen molar-refractivity contribution in [3.8, 4) is 0 Å². The summed E-state index contributed by atoms with van der Waals surface area (Å²) in [5, 5.41) is 5.26. The predicted octanol–water partition coefficient (Wildman–Crippen LogP) is 1.92. The van der Waals surface area contributed by atoms with Gasteiger partial charge in [-0.15, -0.1) is 0 Å². The fourth-order valence-electron chi connectivity index (χ4n) is 2.05. The van der Waals surface area contributed by atoms with E-state index in [0.29, 0.717) is 6.42 Å². The molecule has 0 saturated carbocycles. The van der Waals surface area contributed by atoms with Crippen LogP contribution >= 0.6 is 11.6 Å². The molecule has 0 aliphatic rings. The summed E-state index contributed by atoms with van der Waals surface area (Å²) in [5.74, 6) is 5.66. The summed E-state index contributed by atoms with van der Waals surface area (Å²) in [6.07, 6.45) is 1.50. The smallest absolute Gasteiger partial charge is 0.0850 e. The molecule has 0 aromatic carbocycles. The molecule has 110 valence electrons. The quantitative estimate of drug-likeness (QED) is 0.594. The number of nitrogens with one attached hydrogen (secondary N) is 1. The average molecular weight is 289 g/mol. The van der Waals surface area contributed by atoms with Crippen LogP contribution in [-0.4, -0.2) is 28.5 Å². The summed E-state index contributed by atoms with van der Waals surface area (Å²) in [4.78, 5) is 0. The molecule has 1 aromatic rings. The third-order valence-corrected chi connectivity index (χ3v) is 4.09. The molecule has 0 saturated heterocycles. The van der Waals surface area contributed by atoms with Crippen LogP contribution in [0.3, 0.4) is 0 Å². The summed E-state index contributed by atoms with van der Waals surface area (Å²) >= 11 is 6.41. The third-order valence-electron chi connectivity index (χ3n) is 3.66. The van der Waals surface area contributed by atoms with Gasteiger partial charge in [0.15, 0.2) is 0 Å². The van der Waals surface area contributed by atoms with Gasteiger partial charge < -0.3 is 4.74 Å². The van der Waals surface area contributed by atoms with Crippen molar-refractivity contribution in [2.24, 2.45) is 5.84 Å². The van der Waals surface area contributed by atoms with Crippen LogP contribution in [0.1, 0.15) is 39.1 Å². The molecular formula is C13H25ClN4O. The van der Waals surface area contributed by atoms with E-state index in [1.54, 1.807) is 7.11 Å². The Bertz CT molecular complexity index is 417. The standard InChI is InChI=1S/C13H25ClN4O/c1-6-9-12(14)10(18(7-2)17-9)8-11(16-15)13(3,4)19-5/h11,16H,6-8,15H2,1-5H3. The Morgan fingerprint density at radius 1 is 1.47 bits per heavy atom. The van der Waals surface area contributed by atoms with Gasteiger partial charge in [0.2, 0.25) is 0 Å². The first-order chi connectivity index (χ1) is 8.91. The third kappa shape index (κ3) is 3.48. The molecule has 0 spiro atoms. The lowest BCUT2D eigenvalue weighted by molar-refractivity contribution is -0.0105. The molecule has 1 atom stereocenters. The molecule has 1 aromatic heterocycles. The number of nitrogens with two attached hydrogens (primary N) is 1. The molecule has 1 unspecified atom stereocenters. The normalized spacial score (nSPS) is 13.8. The van der Waals surface area contributed by atoms with Gasteiger partial charge in [0, 0.05) is 20.1 Å². The number of aromatic nitrogens is 2. The first-order valence-electron chi connectivity index (χ1n) is 6.66. The van der Waals surface area contributed by atoms with Crippen LogP contribution in [0.15, 0.2) is 0 Å². The SMILES string of the molecule is CCc1nn(CC)c(CC(NN)C(C)(C)OC)c1Cl. The van der Waals surface area contributed by atoms with Crippen molar-refractivity contribution in [2.75, 3.05) is 7.11 Å². The monoisotopic (exact) mass is 288 g/mol. The minimum atomic E-state index is -0.382. The number of ether oxygens (including phenoxy) is 1. The van der Waals surface area contributed by atoms with E-state index >= 15 is 0 Å². The van der Waals surface area contributed by atoms with Gasteiger partial charge in [0.1, 0.15) is 0 Å². The fourth-order valence-corrected chi connectivity index (χ4v) is 2.40. The van der Waals surface area contributed by atoms with Crippen LogP contribution < -0.4 is 11.3 Å². The largest absolute Gasteiger partial charge is 0.377 e. The van der Waals surface area contributed by atoms with Crippen molar-refractivity contribution < 1.29 is 4.74 Å². The van der Waals surface area contributed by atoms with E-state index in [1.165, 1.54) is 0 Å². The zero-order valence-corrected chi connectivity index (χ0v) is 13.2. The number of hydrogen-bond acceptors (Lipinski definition) is 4. The van der Waals surface area contributed by atoms with Crippen molar-refractivity contribution in [3.05, 3.63) is 16.4 Å². The lowest BCUT2D eigenvalue weighted by Gasteiger charge is -2.32. The number of halogens is 1. The molecule has 0 fully saturated rings. The summed E-state index contributed by atoms with van der Waals surface area (Å²) in [7, 11) is 1.68. The lowest BCUT2D eigenvalue weighted by atomic mass is 9.94. The molecule has 0 aliphatic heterocycles. The molecule has 0 bridgehead atoms. The van der Waals surface area contributed by atoms with Gasteiger partial charge in [0.25, 0.3) is 0 Å².